The molecule has 144 valence electrons. The third kappa shape index (κ3) is 7.35. The standard InChI is InChI=1S/C21H26N2O3S/c1-4-5-12-26-19-11-8-17(13-20(19)25-3)14-22-23-21(24)15-27-18-9-6-16(2)7-10-18/h6-11,13-14H,4-5,12,15H2,1-3H3,(H,23,24)/b22-14+. The second-order valence-corrected chi connectivity index (χ2v) is 7.06. The van der Waals surface area contributed by atoms with Crippen LogP contribution in [0.4, 0.5) is 0 Å². The van der Waals surface area contributed by atoms with E-state index < -0.39 is 0 Å². The average molecular weight is 387 g/mol. The van der Waals surface area contributed by atoms with Crippen LogP contribution in [0.15, 0.2) is 52.5 Å². The third-order valence-corrected chi connectivity index (χ3v) is 4.75. The van der Waals surface area contributed by atoms with E-state index in [1.54, 1.807) is 13.3 Å². The average Bonchev–Trinajstić information content (AvgIpc) is 2.68. The third-order valence-electron chi connectivity index (χ3n) is 3.74. The van der Waals surface area contributed by atoms with Crippen LogP contribution >= 0.6 is 11.8 Å². The molecule has 0 aliphatic heterocycles. The minimum atomic E-state index is -0.150. The van der Waals surface area contributed by atoms with Gasteiger partial charge in [-0.2, -0.15) is 5.10 Å². The summed E-state index contributed by atoms with van der Waals surface area (Å²) in [6.45, 7) is 4.82. The minimum Gasteiger partial charge on any atom is -0.493 e. The Balaban J connectivity index is 1.83. The van der Waals surface area contributed by atoms with E-state index in [2.05, 4.69) is 17.5 Å². The zero-order chi connectivity index (χ0) is 19.5. The highest BCUT2D eigenvalue weighted by Gasteiger charge is 2.05. The molecule has 0 saturated heterocycles. The number of hydrogen-bond donors (Lipinski definition) is 1. The van der Waals surface area contributed by atoms with E-state index in [4.69, 9.17) is 9.47 Å². The van der Waals surface area contributed by atoms with Gasteiger partial charge >= 0.3 is 0 Å². The number of carbonyl (C=O) groups excluding carboxylic acids is 1. The summed E-state index contributed by atoms with van der Waals surface area (Å²) in [7, 11) is 1.60. The van der Waals surface area contributed by atoms with Crippen LogP contribution in [0.5, 0.6) is 11.5 Å². The molecule has 5 nitrogen and oxygen atoms in total. The van der Waals surface area contributed by atoms with E-state index in [1.165, 1.54) is 17.3 Å². The van der Waals surface area contributed by atoms with Crippen LogP contribution in [-0.2, 0) is 4.79 Å². The van der Waals surface area contributed by atoms with Crippen LogP contribution in [0.1, 0.15) is 30.9 Å². The lowest BCUT2D eigenvalue weighted by Gasteiger charge is -2.10. The van der Waals surface area contributed by atoms with E-state index in [0.29, 0.717) is 23.9 Å². The highest BCUT2D eigenvalue weighted by Crippen LogP contribution is 2.27. The summed E-state index contributed by atoms with van der Waals surface area (Å²) < 4.78 is 11.1. The number of carbonyl (C=O) groups is 1. The predicted molar refractivity (Wildman–Crippen MR) is 111 cm³/mol. The smallest absolute Gasteiger partial charge is 0.250 e. The van der Waals surface area contributed by atoms with E-state index >= 15 is 0 Å². The van der Waals surface area contributed by atoms with Gasteiger partial charge in [0.2, 0.25) is 5.91 Å². The number of methoxy groups -OCH3 is 1. The van der Waals surface area contributed by atoms with Crippen LogP contribution in [0.3, 0.4) is 0 Å². The molecule has 0 saturated carbocycles. The number of nitrogens with zero attached hydrogens (tertiary/aromatic N) is 1. The van der Waals surface area contributed by atoms with Crippen LogP contribution in [-0.4, -0.2) is 31.6 Å². The Kier molecular flexibility index (Phi) is 8.71. The monoisotopic (exact) mass is 386 g/mol. The first-order valence-electron chi connectivity index (χ1n) is 8.94. The summed E-state index contributed by atoms with van der Waals surface area (Å²) >= 11 is 1.48. The fourth-order valence-electron chi connectivity index (χ4n) is 2.20. The number of ether oxygens (including phenoxy) is 2. The molecule has 1 N–H and O–H groups in total. The summed E-state index contributed by atoms with van der Waals surface area (Å²) in [5, 5.41) is 4.01. The Morgan fingerprint density at radius 1 is 1.19 bits per heavy atom. The van der Waals surface area contributed by atoms with Crippen molar-refractivity contribution in [3.8, 4) is 11.5 Å². The minimum absolute atomic E-state index is 0.150. The van der Waals surface area contributed by atoms with E-state index in [0.717, 1.165) is 23.3 Å². The van der Waals surface area contributed by atoms with Crippen molar-refractivity contribution in [2.45, 2.75) is 31.6 Å². The maximum Gasteiger partial charge on any atom is 0.250 e. The Morgan fingerprint density at radius 2 is 1.96 bits per heavy atom. The maximum absolute atomic E-state index is 11.9. The molecule has 0 aliphatic carbocycles. The van der Waals surface area contributed by atoms with Crippen molar-refractivity contribution < 1.29 is 14.3 Å². The van der Waals surface area contributed by atoms with Gasteiger partial charge < -0.3 is 9.47 Å². The number of hydrogen-bond acceptors (Lipinski definition) is 5. The molecular formula is C21H26N2O3S. The number of nitrogens with one attached hydrogen (secondary N) is 1. The maximum atomic E-state index is 11.9. The van der Waals surface area contributed by atoms with Gasteiger partial charge in [0.25, 0.3) is 0 Å². The lowest BCUT2D eigenvalue weighted by molar-refractivity contribution is -0.118. The molecule has 6 heteroatoms. The van der Waals surface area contributed by atoms with Crippen molar-refractivity contribution in [1.82, 2.24) is 5.43 Å². The van der Waals surface area contributed by atoms with Gasteiger partial charge in [-0.1, -0.05) is 31.0 Å². The molecule has 0 aliphatic rings. The summed E-state index contributed by atoms with van der Waals surface area (Å²) in [6.07, 6.45) is 3.67. The van der Waals surface area contributed by atoms with Crippen molar-refractivity contribution in [3.05, 3.63) is 53.6 Å². The van der Waals surface area contributed by atoms with Crippen molar-refractivity contribution >= 4 is 23.9 Å². The van der Waals surface area contributed by atoms with Gasteiger partial charge in [-0.25, -0.2) is 5.43 Å². The van der Waals surface area contributed by atoms with E-state index in [-0.39, 0.29) is 5.91 Å². The molecule has 0 spiro atoms. The molecule has 1 amide bonds. The second kappa shape index (κ2) is 11.3. The van der Waals surface area contributed by atoms with Crippen LogP contribution in [0.25, 0.3) is 0 Å². The van der Waals surface area contributed by atoms with Crippen molar-refractivity contribution in [3.63, 3.8) is 0 Å². The number of amides is 1. The van der Waals surface area contributed by atoms with Crippen molar-refractivity contribution in [2.24, 2.45) is 5.10 Å². The molecule has 0 atom stereocenters. The molecular weight excluding hydrogens is 360 g/mol. The molecule has 0 radical (unpaired) electrons. The lowest BCUT2D eigenvalue weighted by Crippen LogP contribution is -2.19. The molecule has 2 aromatic carbocycles. The zero-order valence-electron chi connectivity index (χ0n) is 16.0. The molecule has 0 aromatic heterocycles. The van der Waals surface area contributed by atoms with E-state index in [9.17, 15) is 4.79 Å². The summed E-state index contributed by atoms with van der Waals surface area (Å²) in [5.41, 5.74) is 4.56. The first-order chi connectivity index (χ1) is 13.1. The molecule has 0 heterocycles. The van der Waals surface area contributed by atoms with Crippen molar-refractivity contribution in [2.75, 3.05) is 19.5 Å². The highest BCUT2D eigenvalue weighted by molar-refractivity contribution is 8.00. The van der Waals surface area contributed by atoms with Gasteiger partial charge in [-0.3, -0.25) is 4.79 Å². The number of thioether (sulfide) groups is 1. The topological polar surface area (TPSA) is 59.9 Å². The Morgan fingerprint density at radius 3 is 2.67 bits per heavy atom. The largest absolute Gasteiger partial charge is 0.493 e. The first kappa shape index (κ1) is 20.8. The Hall–Kier alpha value is -2.47. The Bertz CT molecular complexity index is 761. The van der Waals surface area contributed by atoms with Gasteiger partial charge in [0.05, 0.1) is 25.7 Å². The first-order valence-corrected chi connectivity index (χ1v) is 9.93. The molecule has 0 bridgehead atoms. The SMILES string of the molecule is CCCCOc1ccc(/C=N/NC(=O)CSc2ccc(C)cc2)cc1OC. The van der Waals surface area contributed by atoms with Crippen LogP contribution in [0.2, 0.25) is 0 Å². The lowest BCUT2D eigenvalue weighted by atomic mass is 10.2. The molecule has 0 fully saturated rings. The molecule has 0 unspecified atom stereocenters. The van der Waals surface area contributed by atoms with Crippen molar-refractivity contribution in [1.29, 1.82) is 0 Å². The fourth-order valence-corrected chi connectivity index (χ4v) is 2.90. The van der Waals surface area contributed by atoms with E-state index in [1.807, 2.05) is 49.4 Å². The normalized spacial score (nSPS) is 10.8. The number of rotatable bonds is 10. The van der Waals surface area contributed by atoms with Crippen LogP contribution in [0, 0.1) is 6.92 Å². The van der Waals surface area contributed by atoms with Gasteiger partial charge in [-0.05, 0) is 49.2 Å². The summed E-state index contributed by atoms with van der Waals surface area (Å²) in [6, 6.07) is 13.6. The van der Waals surface area contributed by atoms with Gasteiger partial charge in [0, 0.05) is 4.90 Å². The summed E-state index contributed by atoms with van der Waals surface area (Å²) in [4.78, 5) is 13.0. The highest BCUT2D eigenvalue weighted by atomic mass is 32.2. The molecule has 2 aromatic rings. The van der Waals surface area contributed by atoms with Gasteiger partial charge in [-0.15, -0.1) is 11.8 Å². The number of aryl methyl sites for hydroxylation is 1. The number of hydrazone groups is 1. The van der Waals surface area contributed by atoms with Gasteiger partial charge in [0.15, 0.2) is 11.5 Å². The fraction of sp³-hybridized carbons (Fsp3) is 0.333. The van der Waals surface area contributed by atoms with Gasteiger partial charge in [0.1, 0.15) is 0 Å². The predicted octanol–water partition coefficient (Wildman–Crippen LogP) is 4.42. The second-order valence-electron chi connectivity index (χ2n) is 6.01. The quantitative estimate of drug-likeness (QED) is 0.284. The van der Waals surface area contributed by atoms with Crippen LogP contribution < -0.4 is 14.9 Å². The molecule has 2 rings (SSSR count). The Labute approximate surface area is 165 Å². The zero-order valence-corrected chi connectivity index (χ0v) is 16.8. The number of benzene rings is 2. The summed E-state index contributed by atoms with van der Waals surface area (Å²) in [5.74, 6) is 1.52. The number of unbranched alkanes of at least 4 members (excludes halogenated alkanes) is 1. The molecule has 27 heavy (non-hydrogen) atoms.